The highest BCUT2D eigenvalue weighted by molar-refractivity contribution is 4.84. The Morgan fingerprint density at radius 2 is 1.69 bits per heavy atom. The van der Waals surface area contributed by atoms with Gasteiger partial charge in [0.1, 0.15) is 0 Å². The van der Waals surface area contributed by atoms with Gasteiger partial charge in [-0.2, -0.15) is 0 Å². The molecule has 0 aromatic heterocycles. The largest absolute Gasteiger partial charge is 0.316 e. The lowest BCUT2D eigenvalue weighted by molar-refractivity contribution is 0.155. The van der Waals surface area contributed by atoms with Crippen LogP contribution in [0, 0.1) is 5.41 Å². The van der Waals surface area contributed by atoms with Crippen LogP contribution in [0.15, 0.2) is 0 Å². The Morgan fingerprint density at radius 1 is 1.06 bits per heavy atom. The lowest BCUT2D eigenvalue weighted by Crippen LogP contribution is -2.43. The van der Waals surface area contributed by atoms with Crippen LogP contribution in [-0.4, -0.2) is 37.6 Å². The van der Waals surface area contributed by atoms with Crippen molar-refractivity contribution in [1.29, 1.82) is 0 Å². The average molecular weight is 226 g/mol. The molecule has 0 unspecified atom stereocenters. The number of hydrogen-bond acceptors (Lipinski definition) is 2. The fourth-order valence-electron chi connectivity index (χ4n) is 2.72. The van der Waals surface area contributed by atoms with E-state index in [-0.39, 0.29) is 0 Å². The van der Waals surface area contributed by atoms with Gasteiger partial charge in [-0.1, -0.05) is 20.8 Å². The molecule has 1 rings (SSSR count). The molecule has 0 aromatic rings. The smallest absolute Gasteiger partial charge is 0.00499 e. The molecule has 1 aliphatic rings. The molecule has 1 saturated heterocycles. The van der Waals surface area contributed by atoms with Crippen molar-refractivity contribution in [2.45, 2.75) is 52.9 Å². The van der Waals surface area contributed by atoms with Crippen molar-refractivity contribution in [2.75, 3.05) is 32.7 Å². The SMILES string of the molecule is CCCNCC(CC)(CC)CN1CCCC1. The predicted octanol–water partition coefficient (Wildman–Crippen LogP) is 2.89. The highest BCUT2D eigenvalue weighted by Gasteiger charge is 2.29. The molecule has 0 spiro atoms. The summed E-state index contributed by atoms with van der Waals surface area (Å²) in [4.78, 5) is 2.67. The van der Waals surface area contributed by atoms with Crippen LogP contribution in [0.1, 0.15) is 52.9 Å². The minimum Gasteiger partial charge on any atom is -0.316 e. The second-order valence-electron chi connectivity index (χ2n) is 5.37. The van der Waals surface area contributed by atoms with Crippen molar-refractivity contribution in [1.82, 2.24) is 10.2 Å². The highest BCUT2D eigenvalue weighted by atomic mass is 15.1. The van der Waals surface area contributed by atoms with E-state index in [9.17, 15) is 0 Å². The number of nitrogens with one attached hydrogen (secondary N) is 1. The Morgan fingerprint density at radius 3 is 2.19 bits per heavy atom. The summed E-state index contributed by atoms with van der Waals surface area (Å²) in [5, 5.41) is 3.63. The second-order valence-corrected chi connectivity index (χ2v) is 5.37. The molecule has 1 heterocycles. The van der Waals surface area contributed by atoms with Gasteiger partial charge in [-0.3, -0.25) is 0 Å². The van der Waals surface area contributed by atoms with Crippen LogP contribution in [0.5, 0.6) is 0 Å². The van der Waals surface area contributed by atoms with Gasteiger partial charge in [0.05, 0.1) is 0 Å². The van der Waals surface area contributed by atoms with E-state index in [1.807, 2.05) is 0 Å². The van der Waals surface area contributed by atoms with Crippen molar-refractivity contribution >= 4 is 0 Å². The van der Waals surface area contributed by atoms with Crippen LogP contribution < -0.4 is 5.32 Å². The predicted molar refractivity (Wildman–Crippen MR) is 71.8 cm³/mol. The first-order valence-electron chi connectivity index (χ1n) is 7.19. The van der Waals surface area contributed by atoms with Gasteiger partial charge in [0.2, 0.25) is 0 Å². The molecule has 0 amide bonds. The van der Waals surface area contributed by atoms with Gasteiger partial charge in [-0.15, -0.1) is 0 Å². The lowest BCUT2D eigenvalue weighted by Gasteiger charge is -2.36. The summed E-state index contributed by atoms with van der Waals surface area (Å²) in [5.74, 6) is 0. The van der Waals surface area contributed by atoms with Crippen LogP contribution in [0.25, 0.3) is 0 Å². The maximum Gasteiger partial charge on any atom is 0.00499 e. The van der Waals surface area contributed by atoms with E-state index in [4.69, 9.17) is 0 Å². The minimum absolute atomic E-state index is 0.513. The fourth-order valence-corrected chi connectivity index (χ4v) is 2.72. The van der Waals surface area contributed by atoms with Crippen molar-refractivity contribution in [3.63, 3.8) is 0 Å². The number of rotatable bonds is 8. The molecule has 1 aliphatic heterocycles. The number of hydrogen-bond donors (Lipinski definition) is 1. The molecule has 0 saturated carbocycles. The summed E-state index contributed by atoms with van der Waals surface area (Å²) >= 11 is 0. The third-order valence-corrected chi connectivity index (χ3v) is 4.18. The van der Waals surface area contributed by atoms with E-state index in [0.717, 1.165) is 0 Å². The third-order valence-electron chi connectivity index (χ3n) is 4.18. The minimum atomic E-state index is 0.513. The Labute approximate surface area is 102 Å². The van der Waals surface area contributed by atoms with Crippen molar-refractivity contribution in [3.05, 3.63) is 0 Å². The Kier molecular flexibility index (Phi) is 6.37. The van der Waals surface area contributed by atoms with E-state index in [1.165, 1.54) is 64.8 Å². The van der Waals surface area contributed by atoms with Gasteiger partial charge in [-0.05, 0) is 57.2 Å². The molecule has 16 heavy (non-hydrogen) atoms. The lowest BCUT2D eigenvalue weighted by atomic mass is 9.81. The molecule has 0 aromatic carbocycles. The van der Waals surface area contributed by atoms with E-state index in [1.54, 1.807) is 0 Å². The second kappa shape index (κ2) is 7.29. The molecule has 1 N–H and O–H groups in total. The van der Waals surface area contributed by atoms with Gasteiger partial charge >= 0.3 is 0 Å². The first kappa shape index (κ1) is 14.0. The molecule has 0 bridgehead atoms. The van der Waals surface area contributed by atoms with Crippen LogP contribution in [-0.2, 0) is 0 Å². The van der Waals surface area contributed by atoms with E-state index in [2.05, 4.69) is 31.0 Å². The summed E-state index contributed by atoms with van der Waals surface area (Å²) in [6, 6.07) is 0. The standard InChI is InChI=1S/C14H30N2/c1-4-9-15-12-14(5-2,6-3)13-16-10-7-8-11-16/h15H,4-13H2,1-3H3. The van der Waals surface area contributed by atoms with Crippen molar-refractivity contribution in [2.24, 2.45) is 5.41 Å². The molecular weight excluding hydrogens is 196 g/mol. The molecule has 0 aliphatic carbocycles. The number of likely N-dealkylation sites (tertiary alicyclic amines) is 1. The topological polar surface area (TPSA) is 15.3 Å². The zero-order chi connectivity index (χ0) is 11.9. The van der Waals surface area contributed by atoms with Gasteiger partial charge in [0.25, 0.3) is 0 Å². The third kappa shape index (κ3) is 4.06. The summed E-state index contributed by atoms with van der Waals surface area (Å²) < 4.78 is 0. The fraction of sp³-hybridized carbons (Fsp3) is 1.00. The molecule has 0 radical (unpaired) electrons. The van der Waals surface area contributed by atoms with Crippen LogP contribution in [0.2, 0.25) is 0 Å². The van der Waals surface area contributed by atoms with Gasteiger partial charge in [0.15, 0.2) is 0 Å². The van der Waals surface area contributed by atoms with Crippen molar-refractivity contribution in [3.8, 4) is 0 Å². The quantitative estimate of drug-likeness (QED) is 0.640. The molecule has 96 valence electrons. The maximum absolute atomic E-state index is 3.63. The van der Waals surface area contributed by atoms with Crippen LogP contribution in [0.4, 0.5) is 0 Å². The van der Waals surface area contributed by atoms with Crippen LogP contribution >= 0.6 is 0 Å². The normalized spacial score (nSPS) is 18.2. The van der Waals surface area contributed by atoms with E-state index in [0.29, 0.717) is 5.41 Å². The molecule has 0 atom stereocenters. The van der Waals surface area contributed by atoms with Gasteiger partial charge < -0.3 is 10.2 Å². The Hall–Kier alpha value is -0.0800. The zero-order valence-corrected chi connectivity index (χ0v) is 11.5. The summed E-state index contributed by atoms with van der Waals surface area (Å²) in [6.07, 6.45) is 6.67. The highest BCUT2D eigenvalue weighted by Crippen LogP contribution is 2.28. The Bertz CT molecular complexity index is 170. The zero-order valence-electron chi connectivity index (χ0n) is 11.5. The average Bonchev–Trinajstić information content (AvgIpc) is 2.81. The summed E-state index contributed by atoms with van der Waals surface area (Å²) in [6.45, 7) is 13.3. The van der Waals surface area contributed by atoms with Crippen LogP contribution in [0.3, 0.4) is 0 Å². The monoisotopic (exact) mass is 226 g/mol. The maximum atomic E-state index is 3.63. The number of nitrogens with zero attached hydrogens (tertiary/aromatic N) is 1. The first-order valence-corrected chi connectivity index (χ1v) is 7.19. The van der Waals surface area contributed by atoms with E-state index < -0.39 is 0 Å². The molecular formula is C14H30N2. The molecule has 1 fully saturated rings. The molecule has 2 heteroatoms. The Balaban J connectivity index is 2.41. The van der Waals surface area contributed by atoms with Crippen molar-refractivity contribution < 1.29 is 0 Å². The first-order chi connectivity index (χ1) is 7.76. The van der Waals surface area contributed by atoms with Gasteiger partial charge in [0, 0.05) is 13.1 Å². The summed E-state index contributed by atoms with van der Waals surface area (Å²) in [5.41, 5.74) is 0.513. The van der Waals surface area contributed by atoms with E-state index >= 15 is 0 Å². The molecule has 2 nitrogen and oxygen atoms in total. The van der Waals surface area contributed by atoms with Gasteiger partial charge in [-0.25, -0.2) is 0 Å². The summed E-state index contributed by atoms with van der Waals surface area (Å²) in [7, 11) is 0.